The molecule has 156 valence electrons. The Balaban J connectivity index is 1.49. The lowest BCUT2D eigenvalue weighted by Crippen LogP contribution is -2.45. The molecule has 0 saturated carbocycles. The molecule has 8 heteroatoms. The average molecular weight is 408 g/mol. The summed E-state index contributed by atoms with van der Waals surface area (Å²) in [5.74, 6) is -1.29. The smallest absolute Gasteiger partial charge is 0.295 e. The summed E-state index contributed by atoms with van der Waals surface area (Å²) in [5, 5.41) is 6.61. The summed E-state index contributed by atoms with van der Waals surface area (Å²) in [4.78, 5) is 44.0. The van der Waals surface area contributed by atoms with Crippen LogP contribution >= 0.6 is 0 Å². The highest BCUT2D eigenvalue weighted by atomic mass is 16.4. The second kappa shape index (κ2) is 8.14. The van der Waals surface area contributed by atoms with E-state index in [1.54, 1.807) is 6.20 Å². The Morgan fingerprint density at radius 3 is 2.90 bits per heavy atom. The first-order chi connectivity index (χ1) is 14.4. The van der Waals surface area contributed by atoms with Crippen LogP contribution in [0.3, 0.4) is 0 Å². The van der Waals surface area contributed by atoms with E-state index in [0.717, 1.165) is 16.5 Å². The molecule has 0 spiro atoms. The predicted octanol–water partition coefficient (Wildman–Crippen LogP) is 2.92. The lowest BCUT2D eigenvalue weighted by atomic mass is 9.87. The van der Waals surface area contributed by atoms with Crippen LogP contribution in [0, 0.1) is 11.8 Å². The van der Waals surface area contributed by atoms with E-state index < -0.39 is 23.7 Å². The Labute approximate surface area is 173 Å². The van der Waals surface area contributed by atoms with Crippen molar-refractivity contribution in [2.24, 2.45) is 11.8 Å². The lowest BCUT2D eigenvalue weighted by Gasteiger charge is -2.24. The first kappa shape index (κ1) is 19.9. The maximum Gasteiger partial charge on any atom is 0.295 e. The number of piperidine rings is 1. The first-order valence-electron chi connectivity index (χ1n) is 10.1. The van der Waals surface area contributed by atoms with Gasteiger partial charge in [0, 0.05) is 41.5 Å². The Bertz CT molecular complexity index is 1100. The number of ketones is 2. The van der Waals surface area contributed by atoms with E-state index in [1.165, 1.54) is 0 Å². The minimum Gasteiger partial charge on any atom is -0.423 e. The van der Waals surface area contributed by atoms with Gasteiger partial charge in [0.15, 0.2) is 11.5 Å². The van der Waals surface area contributed by atoms with Crippen LogP contribution in [0.25, 0.3) is 22.2 Å². The molecule has 0 aliphatic carbocycles. The average Bonchev–Trinajstić information content (AvgIpc) is 3.36. The van der Waals surface area contributed by atoms with Gasteiger partial charge in [-0.05, 0) is 18.4 Å². The molecule has 1 aliphatic rings. The molecule has 1 saturated heterocycles. The van der Waals surface area contributed by atoms with Crippen LogP contribution in [-0.2, 0) is 14.4 Å². The number of anilines is 1. The number of nitrogens with zero attached hydrogens (tertiary/aromatic N) is 1. The number of nitrogens with one attached hydrogen (secondary N) is 3. The Morgan fingerprint density at radius 1 is 1.30 bits per heavy atom. The molecule has 0 bridgehead atoms. The van der Waals surface area contributed by atoms with Gasteiger partial charge in [-0.3, -0.25) is 14.4 Å². The quantitative estimate of drug-likeness (QED) is 0.518. The van der Waals surface area contributed by atoms with E-state index in [9.17, 15) is 14.4 Å². The van der Waals surface area contributed by atoms with Gasteiger partial charge in [-0.25, -0.2) is 4.98 Å². The lowest BCUT2D eigenvalue weighted by molar-refractivity contribution is -0.143. The van der Waals surface area contributed by atoms with Gasteiger partial charge in [0.05, 0.1) is 12.2 Å². The van der Waals surface area contributed by atoms with Gasteiger partial charge in [0.2, 0.25) is 5.78 Å². The maximum absolute atomic E-state index is 12.9. The number of amides is 1. The van der Waals surface area contributed by atoms with Crippen LogP contribution in [0.15, 0.2) is 41.1 Å². The van der Waals surface area contributed by atoms with Crippen molar-refractivity contribution >= 4 is 34.4 Å². The van der Waals surface area contributed by atoms with Crippen LogP contribution in [0.5, 0.6) is 0 Å². The monoisotopic (exact) mass is 408 g/mol. The van der Waals surface area contributed by atoms with Crippen molar-refractivity contribution in [3.63, 3.8) is 0 Å². The minimum atomic E-state index is -0.607. The number of fused-ring (bicyclic) bond motifs is 1. The molecule has 8 nitrogen and oxygen atoms in total. The fraction of sp³-hybridized carbons (Fsp3) is 0.364. The summed E-state index contributed by atoms with van der Waals surface area (Å²) in [6.45, 7) is 4.24. The van der Waals surface area contributed by atoms with Crippen molar-refractivity contribution in [2.75, 3.05) is 11.9 Å². The van der Waals surface area contributed by atoms with Crippen molar-refractivity contribution in [3.05, 3.63) is 36.7 Å². The third-order valence-corrected chi connectivity index (χ3v) is 5.47. The van der Waals surface area contributed by atoms with Gasteiger partial charge in [-0.1, -0.05) is 32.0 Å². The number of hydrogen-bond acceptors (Lipinski definition) is 6. The van der Waals surface area contributed by atoms with Crippen molar-refractivity contribution in [2.45, 2.75) is 32.7 Å². The van der Waals surface area contributed by atoms with Crippen LogP contribution in [0.2, 0.25) is 0 Å². The number of aromatic amines is 1. The van der Waals surface area contributed by atoms with E-state index >= 15 is 0 Å². The fourth-order valence-corrected chi connectivity index (χ4v) is 3.82. The van der Waals surface area contributed by atoms with Gasteiger partial charge in [0.1, 0.15) is 0 Å². The molecule has 1 amide bonds. The largest absolute Gasteiger partial charge is 0.423 e. The number of para-hydroxylation sites is 1. The zero-order valence-corrected chi connectivity index (χ0v) is 16.9. The Morgan fingerprint density at radius 2 is 2.10 bits per heavy atom. The highest BCUT2D eigenvalue weighted by molar-refractivity contribution is 6.37. The summed E-state index contributed by atoms with van der Waals surface area (Å²) in [6.07, 6.45) is 3.98. The minimum absolute atomic E-state index is 0.0259. The van der Waals surface area contributed by atoms with E-state index in [2.05, 4.69) is 20.6 Å². The summed E-state index contributed by atoms with van der Waals surface area (Å²) >= 11 is 0. The van der Waals surface area contributed by atoms with Crippen LogP contribution in [0.4, 0.5) is 6.01 Å². The number of Topliss-reactive ketones (excluding diaryl/α,β-unsaturated/α-hetero) is 2. The van der Waals surface area contributed by atoms with Crippen molar-refractivity contribution < 1.29 is 18.8 Å². The summed E-state index contributed by atoms with van der Waals surface area (Å²) in [6, 6.07) is 7.56. The molecular formula is C22H24N4O4. The van der Waals surface area contributed by atoms with Gasteiger partial charge < -0.3 is 20.0 Å². The van der Waals surface area contributed by atoms with Gasteiger partial charge >= 0.3 is 0 Å². The van der Waals surface area contributed by atoms with E-state index in [0.29, 0.717) is 18.7 Å². The number of carbonyl (C=O) groups excluding carboxylic acids is 3. The van der Waals surface area contributed by atoms with Gasteiger partial charge in [0.25, 0.3) is 11.9 Å². The Hall–Kier alpha value is -3.42. The van der Waals surface area contributed by atoms with Crippen molar-refractivity contribution in [1.82, 2.24) is 15.3 Å². The summed E-state index contributed by atoms with van der Waals surface area (Å²) < 4.78 is 5.87. The van der Waals surface area contributed by atoms with Gasteiger partial charge in [-0.2, -0.15) is 0 Å². The summed E-state index contributed by atoms with van der Waals surface area (Å²) in [5.41, 5.74) is 1.88. The van der Waals surface area contributed by atoms with Crippen LogP contribution < -0.4 is 10.6 Å². The standard InChI is InChI=1S/C22H24N4O4/c1-12(2)19(17(27)9-13-7-8-23-21(29)20(13)28)26-22-25-11-18(30-22)15-10-24-16-6-4-3-5-14(15)16/h3-6,10-13,19,24H,7-9H2,1-2H3,(H,23,29)(H,25,26). The molecule has 2 atom stereocenters. The molecule has 1 aromatic carbocycles. The highest BCUT2D eigenvalue weighted by Gasteiger charge is 2.34. The first-order valence-corrected chi connectivity index (χ1v) is 10.1. The van der Waals surface area contributed by atoms with E-state index in [-0.39, 0.29) is 24.1 Å². The van der Waals surface area contributed by atoms with E-state index in [4.69, 9.17) is 4.42 Å². The number of benzene rings is 1. The maximum atomic E-state index is 12.9. The van der Waals surface area contributed by atoms with Crippen LogP contribution in [0.1, 0.15) is 26.7 Å². The second-order valence-corrected chi connectivity index (χ2v) is 7.92. The zero-order chi connectivity index (χ0) is 21.3. The molecule has 0 radical (unpaired) electrons. The second-order valence-electron chi connectivity index (χ2n) is 7.92. The number of H-pyrrole nitrogens is 1. The molecule has 2 aromatic heterocycles. The Kier molecular flexibility index (Phi) is 5.39. The number of oxazole rings is 1. The van der Waals surface area contributed by atoms with Crippen LogP contribution in [-0.4, -0.2) is 40.0 Å². The molecule has 4 rings (SSSR count). The fourth-order valence-electron chi connectivity index (χ4n) is 3.82. The number of carbonyl (C=O) groups is 3. The topological polar surface area (TPSA) is 117 Å². The third-order valence-electron chi connectivity index (χ3n) is 5.47. The molecular weight excluding hydrogens is 384 g/mol. The normalized spacial score (nSPS) is 17.9. The third kappa shape index (κ3) is 3.85. The molecule has 1 aliphatic heterocycles. The molecule has 2 unspecified atom stereocenters. The summed E-state index contributed by atoms with van der Waals surface area (Å²) in [7, 11) is 0. The van der Waals surface area contributed by atoms with Crippen molar-refractivity contribution in [1.29, 1.82) is 0 Å². The predicted molar refractivity (Wildman–Crippen MR) is 112 cm³/mol. The molecule has 3 N–H and O–H groups in total. The van der Waals surface area contributed by atoms with E-state index in [1.807, 2.05) is 44.3 Å². The van der Waals surface area contributed by atoms with Crippen molar-refractivity contribution in [3.8, 4) is 11.3 Å². The number of rotatable bonds is 7. The SMILES string of the molecule is CC(C)C(Nc1ncc(-c2c[nH]c3ccccc23)o1)C(=O)CC1CCNC(=O)C1=O. The molecule has 3 heterocycles. The highest BCUT2D eigenvalue weighted by Crippen LogP contribution is 2.30. The number of aromatic nitrogens is 2. The molecule has 3 aromatic rings. The molecule has 1 fully saturated rings. The number of hydrogen-bond donors (Lipinski definition) is 3. The zero-order valence-electron chi connectivity index (χ0n) is 16.9. The van der Waals surface area contributed by atoms with Gasteiger partial charge in [-0.15, -0.1) is 0 Å². The molecule has 30 heavy (non-hydrogen) atoms.